The Balaban J connectivity index is 1.95. The second-order valence-corrected chi connectivity index (χ2v) is 5.61. The highest BCUT2D eigenvalue weighted by Crippen LogP contribution is 2.25. The highest BCUT2D eigenvalue weighted by Gasteiger charge is 2.09. The molecule has 0 aliphatic carbocycles. The molecular formula is C17H13ClFN5O2. The number of nitrogens with zero attached hydrogens (tertiary/aromatic N) is 3. The Morgan fingerprint density at radius 3 is 2.77 bits per heavy atom. The lowest BCUT2D eigenvalue weighted by atomic mass is 10.2. The van der Waals surface area contributed by atoms with Gasteiger partial charge < -0.3 is 15.7 Å². The Kier molecular flexibility index (Phi) is 5.23. The third kappa shape index (κ3) is 4.42. The Labute approximate surface area is 152 Å². The molecule has 0 unspecified atom stereocenters. The summed E-state index contributed by atoms with van der Waals surface area (Å²) >= 11 is 5.79. The van der Waals surface area contributed by atoms with E-state index >= 15 is 0 Å². The van der Waals surface area contributed by atoms with E-state index in [2.05, 4.69) is 25.6 Å². The van der Waals surface area contributed by atoms with E-state index < -0.39 is 11.8 Å². The zero-order chi connectivity index (χ0) is 18.5. The molecule has 0 radical (unpaired) electrons. The first kappa shape index (κ1) is 17.6. The van der Waals surface area contributed by atoms with Crippen LogP contribution in [0.15, 0.2) is 48.8 Å². The summed E-state index contributed by atoms with van der Waals surface area (Å²) in [5.41, 5.74) is 1.79. The molecule has 26 heavy (non-hydrogen) atoms. The molecule has 0 aliphatic heterocycles. The van der Waals surface area contributed by atoms with Crippen LogP contribution in [0, 0.1) is 5.82 Å². The molecule has 9 heteroatoms. The lowest BCUT2D eigenvalue weighted by Crippen LogP contribution is -2.15. The van der Waals surface area contributed by atoms with Gasteiger partial charge in [0.2, 0.25) is 5.95 Å². The molecule has 0 aliphatic rings. The number of carboxylic acids is 1. The lowest BCUT2D eigenvalue weighted by Gasteiger charge is -2.11. The summed E-state index contributed by atoms with van der Waals surface area (Å²) in [6.07, 6.45) is 3.26. The number of benzene rings is 1. The van der Waals surface area contributed by atoms with Crippen molar-refractivity contribution in [3.05, 3.63) is 59.6 Å². The van der Waals surface area contributed by atoms with E-state index in [1.165, 1.54) is 18.2 Å². The smallest absolute Gasteiger partial charge is 0.322 e. The molecule has 0 amide bonds. The summed E-state index contributed by atoms with van der Waals surface area (Å²) in [5.74, 6) is -1.06. The predicted octanol–water partition coefficient (Wildman–Crippen LogP) is 3.57. The van der Waals surface area contributed by atoms with Gasteiger partial charge in [-0.25, -0.2) is 9.37 Å². The van der Waals surface area contributed by atoms with Gasteiger partial charge in [-0.05, 0) is 30.3 Å². The monoisotopic (exact) mass is 373 g/mol. The first-order valence-corrected chi connectivity index (χ1v) is 7.86. The quantitative estimate of drug-likeness (QED) is 0.607. The molecule has 0 fully saturated rings. The second-order valence-electron chi connectivity index (χ2n) is 5.20. The summed E-state index contributed by atoms with van der Waals surface area (Å²) in [6, 6.07) is 9.41. The van der Waals surface area contributed by atoms with Crippen molar-refractivity contribution in [3.63, 3.8) is 0 Å². The maximum absolute atomic E-state index is 13.3. The van der Waals surface area contributed by atoms with Crippen LogP contribution in [0.1, 0.15) is 0 Å². The van der Waals surface area contributed by atoms with E-state index in [0.717, 1.165) is 5.56 Å². The largest absolute Gasteiger partial charge is 0.480 e. The number of aliphatic carboxylic acids is 1. The Hall–Kier alpha value is -3.26. The normalized spacial score (nSPS) is 10.4. The zero-order valence-electron chi connectivity index (χ0n) is 13.3. The van der Waals surface area contributed by atoms with E-state index in [0.29, 0.717) is 17.2 Å². The molecule has 0 saturated heterocycles. The average molecular weight is 374 g/mol. The highest BCUT2D eigenvalue weighted by molar-refractivity contribution is 6.31. The first-order chi connectivity index (χ1) is 12.5. The molecule has 132 valence electrons. The molecule has 3 aromatic rings. The van der Waals surface area contributed by atoms with Crippen molar-refractivity contribution in [2.75, 3.05) is 17.2 Å². The predicted molar refractivity (Wildman–Crippen MR) is 96.1 cm³/mol. The number of hydrogen-bond donors (Lipinski definition) is 3. The topological polar surface area (TPSA) is 100 Å². The maximum atomic E-state index is 13.3. The Bertz CT molecular complexity index is 940. The van der Waals surface area contributed by atoms with Crippen LogP contribution in [0.25, 0.3) is 11.3 Å². The molecule has 7 nitrogen and oxygen atoms in total. The minimum Gasteiger partial charge on any atom is -0.480 e. The summed E-state index contributed by atoms with van der Waals surface area (Å²) < 4.78 is 13.3. The van der Waals surface area contributed by atoms with Gasteiger partial charge in [0.1, 0.15) is 18.2 Å². The van der Waals surface area contributed by atoms with E-state index in [1.54, 1.807) is 24.5 Å². The molecular weight excluding hydrogens is 361 g/mol. The number of halogens is 2. The van der Waals surface area contributed by atoms with Gasteiger partial charge >= 0.3 is 5.97 Å². The fraction of sp³-hybridized carbons (Fsp3) is 0.0588. The molecule has 0 spiro atoms. The Morgan fingerprint density at radius 2 is 2.08 bits per heavy atom. The molecule has 0 saturated carbocycles. The van der Waals surface area contributed by atoms with Crippen molar-refractivity contribution >= 4 is 35.0 Å². The van der Waals surface area contributed by atoms with Crippen LogP contribution in [-0.2, 0) is 4.79 Å². The molecule has 0 bridgehead atoms. The van der Waals surface area contributed by atoms with E-state index in [-0.39, 0.29) is 17.5 Å². The second kappa shape index (κ2) is 7.75. The van der Waals surface area contributed by atoms with E-state index in [4.69, 9.17) is 16.7 Å². The van der Waals surface area contributed by atoms with Crippen molar-refractivity contribution in [3.8, 4) is 11.3 Å². The molecule has 0 atom stereocenters. The van der Waals surface area contributed by atoms with Gasteiger partial charge in [-0.1, -0.05) is 11.6 Å². The van der Waals surface area contributed by atoms with Crippen molar-refractivity contribution in [1.82, 2.24) is 15.0 Å². The summed E-state index contributed by atoms with van der Waals surface area (Å²) in [4.78, 5) is 23.3. The summed E-state index contributed by atoms with van der Waals surface area (Å²) in [5, 5.41) is 14.4. The van der Waals surface area contributed by atoms with Crippen LogP contribution >= 0.6 is 11.6 Å². The fourth-order valence-electron chi connectivity index (χ4n) is 2.13. The molecule has 3 rings (SSSR count). The number of hydrogen-bond acceptors (Lipinski definition) is 6. The minimum atomic E-state index is -1.04. The zero-order valence-corrected chi connectivity index (χ0v) is 14.0. The van der Waals surface area contributed by atoms with Crippen molar-refractivity contribution in [2.45, 2.75) is 0 Å². The highest BCUT2D eigenvalue weighted by atomic mass is 35.5. The first-order valence-electron chi connectivity index (χ1n) is 7.48. The van der Waals surface area contributed by atoms with Gasteiger partial charge in [0.15, 0.2) is 0 Å². The van der Waals surface area contributed by atoms with Crippen LogP contribution in [0.3, 0.4) is 0 Å². The van der Waals surface area contributed by atoms with Gasteiger partial charge in [-0.2, -0.15) is 4.98 Å². The van der Waals surface area contributed by atoms with E-state index in [9.17, 15) is 9.18 Å². The van der Waals surface area contributed by atoms with Crippen LogP contribution in [0.5, 0.6) is 0 Å². The van der Waals surface area contributed by atoms with Gasteiger partial charge in [-0.15, -0.1) is 0 Å². The van der Waals surface area contributed by atoms with Gasteiger partial charge in [-0.3, -0.25) is 9.78 Å². The third-order valence-electron chi connectivity index (χ3n) is 3.27. The Morgan fingerprint density at radius 1 is 1.23 bits per heavy atom. The maximum Gasteiger partial charge on any atom is 0.322 e. The van der Waals surface area contributed by atoms with Gasteiger partial charge in [0.05, 0.1) is 10.7 Å². The molecule has 1 aromatic carbocycles. The third-order valence-corrected chi connectivity index (χ3v) is 3.56. The minimum absolute atomic E-state index is 0.0271. The molecule has 3 N–H and O–H groups in total. The van der Waals surface area contributed by atoms with Gasteiger partial charge in [0.25, 0.3) is 0 Å². The number of nitrogens with one attached hydrogen (secondary N) is 2. The number of carboxylic acid groups (broad SMARTS) is 1. The molecule has 2 aromatic heterocycles. The van der Waals surface area contributed by atoms with Crippen LogP contribution < -0.4 is 10.6 Å². The lowest BCUT2D eigenvalue weighted by molar-refractivity contribution is -0.134. The fourth-order valence-corrected chi connectivity index (χ4v) is 2.31. The van der Waals surface area contributed by atoms with Crippen molar-refractivity contribution in [2.24, 2.45) is 0 Å². The SMILES string of the molecule is O=C(O)CNc1nc(Nc2ccc(F)c(Cl)c2)cc(-c2cccnc2)n1. The van der Waals surface area contributed by atoms with E-state index in [1.807, 2.05) is 6.07 Å². The van der Waals surface area contributed by atoms with Crippen LogP contribution in [0.2, 0.25) is 5.02 Å². The van der Waals surface area contributed by atoms with Crippen LogP contribution in [0.4, 0.5) is 21.8 Å². The number of anilines is 3. The number of rotatable bonds is 6. The number of pyridine rings is 1. The van der Waals surface area contributed by atoms with Crippen molar-refractivity contribution < 1.29 is 14.3 Å². The number of carbonyl (C=O) groups is 1. The molecule has 2 heterocycles. The average Bonchev–Trinajstić information content (AvgIpc) is 2.64. The summed E-state index contributed by atoms with van der Waals surface area (Å²) in [6.45, 7) is -0.335. The van der Waals surface area contributed by atoms with Crippen LogP contribution in [-0.4, -0.2) is 32.6 Å². The summed E-state index contributed by atoms with van der Waals surface area (Å²) in [7, 11) is 0. The van der Waals surface area contributed by atoms with Gasteiger partial charge in [0, 0.05) is 29.7 Å². The number of aromatic nitrogens is 3. The standard InChI is InChI=1S/C17H13ClFN5O2/c18-12-6-11(3-4-13(12)19)22-15-7-14(10-2-1-5-20-8-10)23-17(24-15)21-9-16(25)26/h1-8H,9H2,(H,25,26)(H2,21,22,23,24). The van der Waals surface area contributed by atoms with Crippen molar-refractivity contribution in [1.29, 1.82) is 0 Å².